The minimum absolute atomic E-state index is 0. The van der Waals surface area contributed by atoms with Crippen LogP contribution in [-0.2, 0) is 31.3 Å². The molecule has 0 amide bonds. The summed E-state index contributed by atoms with van der Waals surface area (Å²) >= 11 is 0. The Morgan fingerprint density at radius 3 is 1.54 bits per heavy atom. The zero-order valence-corrected chi connectivity index (χ0v) is 8.34. The molecule has 0 radical (unpaired) electrons. The molecule has 3 heteroatoms. The van der Waals surface area contributed by atoms with E-state index in [2.05, 4.69) is 0 Å². The van der Waals surface area contributed by atoms with E-state index in [0.29, 0.717) is 0 Å². The summed E-state index contributed by atoms with van der Waals surface area (Å²) in [5.41, 5.74) is 0. The Morgan fingerprint density at radius 1 is 0.769 bits per heavy atom. The molecular formula is C10H6O2Ti. The minimum atomic E-state index is -0.436. The van der Waals surface area contributed by atoms with E-state index in [9.17, 15) is 9.59 Å². The van der Waals surface area contributed by atoms with Crippen LogP contribution < -0.4 is 10.4 Å². The van der Waals surface area contributed by atoms with Gasteiger partial charge in [0.2, 0.25) is 11.6 Å². The summed E-state index contributed by atoms with van der Waals surface area (Å²) in [5, 5.41) is 1.64. The standard InChI is InChI=1S/C10H6O2.Ti/c11-9-5-7-3-1-2-4-8(7)6-10(9)12;/h1-6H;. The van der Waals surface area contributed by atoms with E-state index in [1.165, 1.54) is 12.2 Å². The molecule has 1 aliphatic rings. The van der Waals surface area contributed by atoms with Crippen molar-refractivity contribution in [3.05, 3.63) is 34.7 Å². The van der Waals surface area contributed by atoms with Gasteiger partial charge in [-0.05, 0) is 22.6 Å². The van der Waals surface area contributed by atoms with Crippen molar-refractivity contribution < 1.29 is 31.3 Å². The van der Waals surface area contributed by atoms with Crippen molar-refractivity contribution in [2.24, 2.45) is 0 Å². The topological polar surface area (TPSA) is 34.1 Å². The van der Waals surface area contributed by atoms with E-state index in [1.807, 2.05) is 24.3 Å². The van der Waals surface area contributed by atoms with Gasteiger partial charge in [-0.15, -0.1) is 0 Å². The molecule has 2 rings (SSSR count). The fraction of sp³-hybridized carbons (Fsp3) is 0. The zero-order valence-electron chi connectivity index (χ0n) is 6.78. The second-order valence-electron chi connectivity index (χ2n) is 2.65. The summed E-state index contributed by atoms with van der Waals surface area (Å²) in [5.74, 6) is -0.873. The number of fused-ring (bicyclic) bond motifs is 1. The first-order valence-electron chi connectivity index (χ1n) is 3.64. The Morgan fingerprint density at radius 2 is 1.15 bits per heavy atom. The number of Topliss-reactive ketones (excluding diaryl/α,β-unsaturated/α-hetero) is 2. The third-order valence-corrected chi connectivity index (χ3v) is 1.81. The number of benzene rings is 1. The van der Waals surface area contributed by atoms with Crippen molar-refractivity contribution in [2.75, 3.05) is 0 Å². The van der Waals surface area contributed by atoms with Gasteiger partial charge in [0.15, 0.2) is 0 Å². The van der Waals surface area contributed by atoms with Gasteiger partial charge in [0.05, 0.1) is 0 Å². The van der Waals surface area contributed by atoms with Gasteiger partial charge in [-0.2, -0.15) is 0 Å². The third-order valence-electron chi connectivity index (χ3n) is 1.81. The van der Waals surface area contributed by atoms with E-state index >= 15 is 0 Å². The largest absolute Gasteiger partial charge is 0.286 e. The molecule has 1 aliphatic carbocycles. The molecule has 0 unspecified atom stereocenters. The van der Waals surface area contributed by atoms with Crippen LogP contribution in [0.2, 0.25) is 0 Å². The first kappa shape index (κ1) is 10.1. The molecule has 0 saturated heterocycles. The molecule has 1 aromatic rings. The van der Waals surface area contributed by atoms with Crippen molar-refractivity contribution in [3.63, 3.8) is 0 Å². The van der Waals surface area contributed by atoms with Gasteiger partial charge in [-0.1, -0.05) is 24.3 Å². The molecule has 62 valence electrons. The number of ketones is 2. The SMILES string of the molecule is O=C1C=c2ccccc2=CC1=O.[Ti]. The Kier molecular flexibility index (Phi) is 2.96. The molecule has 0 atom stereocenters. The minimum Gasteiger partial charge on any atom is -0.286 e. The fourth-order valence-corrected chi connectivity index (χ4v) is 1.20. The summed E-state index contributed by atoms with van der Waals surface area (Å²) < 4.78 is 0. The normalized spacial score (nSPS) is 13.5. The average molecular weight is 206 g/mol. The van der Waals surface area contributed by atoms with Gasteiger partial charge in [-0.25, -0.2) is 0 Å². The monoisotopic (exact) mass is 206 g/mol. The van der Waals surface area contributed by atoms with Crippen LogP contribution in [-0.4, -0.2) is 11.6 Å². The number of carbonyl (C=O) groups excluding carboxylic acids is 2. The number of carbonyl (C=O) groups is 2. The maximum atomic E-state index is 10.9. The van der Waals surface area contributed by atoms with Crippen LogP contribution in [0, 0.1) is 0 Å². The molecule has 0 N–H and O–H groups in total. The van der Waals surface area contributed by atoms with Gasteiger partial charge in [0, 0.05) is 21.7 Å². The van der Waals surface area contributed by atoms with Crippen molar-refractivity contribution in [1.29, 1.82) is 0 Å². The van der Waals surface area contributed by atoms with Gasteiger partial charge in [0.1, 0.15) is 0 Å². The van der Waals surface area contributed by atoms with Crippen LogP contribution in [0.3, 0.4) is 0 Å². The van der Waals surface area contributed by atoms with Crippen LogP contribution in [0.15, 0.2) is 24.3 Å². The summed E-state index contributed by atoms with van der Waals surface area (Å²) in [4.78, 5) is 21.8. The second-order valence-corrected chi connectivity index (χ2v) is 2.65. The van der Waals surface area contributed by atoms with Crippen molar-refractivity contribution in [1.82, 2.24) is 0 Å². The molecule has 0 saturated carbocycles. The zero-order chi connectivity index (χ0) is 8.55. The number of rotatable bonds is 0. The van der Waals surface area contributed by atoms with Gasteiger partial charge < -0.3 is 0 Å². The second kappa shape index (κ2) is 3.82. The Bertz CT molecular complexity index is 429. The fourth-order valence-electron chi connectivity index (χ4n) is 1.20. The summed E-state index contributed by atoms with van der Waals surface area (Å²) in [6.45, 7) is 0. The third kappa shape index (κ3) is 1.85. The van der Waals surface area contributed by atoms with Crippen LogP contribution in [0.25, 0.3) is 12.2 Å². The van der Waals surface area contributed by atoms with Crippen molar-refractivity contribution in [2.45, 2.75) is 0 Å². The maximum Gasteiger partial charge on any atom is 0.226 e. The maximum absolute atomic E-state index is 10.9. The molecule has 0 aliphatic heterocycles. The average Bonchev–Trinajstić information content (AvgIpc) is 2.07. The van der Waals surface area contributed by atoms with E-state index in [4.69, 9.17) is 0 Å². The smallest absolute Gasteiger partial charge is 0.226 e. The molecule has 0 spiro atoms. The first-order chi connectivity index (χ1) is 5.77. The van der Waals surface area contributed by atoms with Crippen LogP contribution >= 0.6 is 0 Å². The Labute approximate surface area is 89.8 Å². The molecule has 0 bridgehead atoms. The van der Waals surface area contributed by atoms with Crippen LogP contribution in [0.1, 0.15) is 0 Å². The quantitative estimate of drug-likeness (QED) is 0.419. The molecule has 13 heavy (non-hydrogen) atoms. The van der Waals surface area contributed by atoms with Gasteiger partial charge in [-0.3, -0.25) is 9.59 Å². The number of hydrogen-bond acceptors (Lipinski definition) is 2. The predicted molar refractivity (Wildman–Crippen MR) is 44.6 cm³/mol. The molecule has 0 aromatic heterocycles. The van der Waals surface area contributed by atoms with Crippen molar-refractivity contribution in [3.8, 4) is 0 Å². The number of hydrogen-bond donors (Lipinski definition) is 0. The summed E-state index contributed by atoms with van der Waals surface area (Å²) in [6, 6.07) is 7.31. The van der Waals surface area contributed by atoms with E-state index < -0.39 is 11.6 Å². The molecule has 0 heterocycles. The first-order valence-corrected chi connectivity index (χ1v) is 3.64. The molecular weight excluding hydrogens is 200 g/mol. The van der Waals surface area contributed by atoms with Crippen molar-refractivity contribution >= 4 is 23.7 Å². The van der Waals surface area contributed by atoms with Crippen LogP contribution in [0.5, 0.6) is 0 Å². The summed E-state index contributed by atoms with van der Waals surface area (Å²) in [7, 11) is 0. The summed E-state index contributed by atoms with van der Waals surface area (Å²) in [6.07, 6.45) is 2.75. The molecule has 0 fully saturated rings. The van der Waals surface area contributed by atoms with Crippen LogP contribution in [0.4, 0.5) is 0 Å². The Balaban J connectivity index is 0.000000845. The Hall–Kier alpha value is -0.986. The van der Waals surface area contributed by atoms with Gasteiger partial charge >= 0.3 is 0 Å². The molecule has 2 nitrogen and oxygen atoms in total. The molecule has 1 aromatic carbocycles. The van der Waals surface area contributed by atoms with E-state index in [1.54, 1.807) is 0 Å². The van der Waals surface area contributed by atoms with E-state index in [-0.39, 0.29) is 21.7 Å². The van der Waals surface area contributed by atoms with E-state index in [0.717, 1.165) is 10.4 Å². The predicted octanol–water partition coefficient (Wildman–Crippen LogP) is -0.603. The van der Waals surface area contributed by atoms with Gasteiger partial charge in [0.25, 0.3) is 0 Å².